The second-order valence-corrected chi connectivity index (χ2v) is 5.47. The van der Waals surface area contributed by atoms with E-state index in [0.29, 0.717) is 23.0 Å². The highest BCUT2D eigenvalue weighted by molar-refractivity contribution is 5.72. The molecule has 0 unspecified atom stereocenters. The average molecular weight is 345 g/mol. The molecule has 2 N–H and O–H groups in total. The van der Waals surface area contributed by atoms with E-state index in [-0.39, 0.29) is 11.7 Å². The standard InChI is InChI=1S/C19H15N5O2/c1-25-15-10-6-5-9-13(15)14-11-21-17(20)16(22-14)19-24-23-18(26-19)12-7-3-2-4-8-12/h2-11H,1H3,(H2,20,21). The van der Waals surface area contributed by atoms with Crippen LogP contribution in [0.2, 0.25) is 0 Å². The van der Waals surface area contributed by atoms with Gasteiger partial charge in [-0.15, -0.1) is 10.2 Å². The number of aromatic nitrogens is 4. The fraction of sp³-hybridized carbons (Fsp3) is 0.0526. The molecule has 4 rings (SSSR count). The molecule has 0 radical (unpaired) electrons. The van der Waals surface area contributed by atoms with E-state index < -0.39 is 0 Å². The average Bonchev–Trinajstić information content (AvgIpc) is 3.19. The highest BCUT2D eigenvalue weighted by Crippen LogP contribution is 2.31. The summed E-state index contributed by atoms with van der Waals surface area (Å²) >= 11 is 0. The molecule has 0 saturated carbocycles. The Bertz CT molecular complexity index is 1050. The number of nitrogen functional groups attached to an aromatic ring is 1. The van der Waals surface area contributed by atoms with E-state index in [9.17, 15) is 0 Å². The van der Waals surface area contributed by atoms with Gasteiger partial charge in [0.25, 0.3) is 5.89 Å². The van der Waals surface area contributed by atoms with Gasteiger partial charge in [0.15, 0.2) is 11.5 Å². The lowest BCUT2D eigenvalue weighted by atomic mass is 10.1. The number of benzene rings is 2. The van der Waals surface area contributed by atoms with Crippen LogP contribution >= 0.6 is 0 Å². The van der Waals surface area contributed by atoms with Gasteiger partial charge >= 0.3 is 0 Å². The van der Waals surface area contributed by atoms with E-state index in [0.717, 1.165) is 11.1 Å². The molecule has 0 aliphatic rings. The van der Waals surface area contributed by atoms with E-state index in [1.165, 1.54) is 0 Å². The van der Waals surface area contributed by atoms with Gasteiger partial charge in [-0.2, -0.15) is 0 Å². The summed E-state index contributed by atoms with van der Waals surface area (Å²) in [5.74, 6) is 1.51. The fourth-order valence-corrected chi connectivity index (χ4v) is 2.56. The van der Waals surface area contributed by atoms with Gasteiger partial charge in [0.1, 0.15) is 5.75 Å². The highest BCUT2D eigenvalue weighted by Gasteiger charge is 2.17. The first kappa shape index (κ1) is 15.8. The highest BCUT2D eigenvalue weighted by atomic mass is 16.5. The summed E-state index contributed by atoms with van der Waals surface area (Å²) in [5, 5.41) is 8.15. The van der Waals surface area contributed by atoms with Crippen LogP contribution in [0.25, 0.3) is 34.3 Å². The zero-order chi connectivity index (χ0) is 17.9. The number of methoxy groups -OCH3 is 1. The van der Waals surface area contributed by atoms with E-state index in [1.807, 2.05) is 54.6 Å². The zero-order valence-corrected chi connectivity index (χ0v) is 14.0. The van der Waals surface area contributed by atoms with Crippen LogP contribution in [0.3, 0.4) is 0 Å². The predicted octanol–water partition coefficient (Wildman–Crippen LogP) is 3.45. The Kier molecular flexibility index (Phi) is 4.03. The first-order chi connectivity index (χ1) is 12.8. The third kappa shape index (κ3) is 2.86. The molecule has 0 saturated heterocycles. The number of nitrogens with two attached hydrogens (primary N) is 1. The number of nitrogens with zero attached hydrogens (tertiary/aromatic N) is 4. The Morgan fingerprint density at radius 3 is 2.46 bits per heavy atom. The van der Waals surface area contributed by atoms with Crippen molar-refractivity contribution in [3.05, 3.63) is 60.8 Å². The van der Waals surface area contributed by atoms with Gasteiger partial charge in [-0.3, -0.25) is 0 Å². The Morgan fingerprint density at radius 2 is 1.65 bits per heavy atom. The predicted molar refractivity (Wildman–Crippen MR) is 97.2 cm³/mol. The maximum Gasteiger partial charge on any atom is 0.270 e. The van der Waals surface area contributed by atoms with Crippen LogP contribution in [-0.4, -0.2) is 27.3 Å². The second-order valence-electron chi connectivity index (χ2n) is 5.47. The Labute approximate surface area is 149 Å². The minimum atomic E-state index is 0.214. The molecule has 7 heteroatoms. The Hall–Kier alpha value is -3.74. The molecule has 0 spiro atoms. The van der Waals surface area contributed by atoms with Crippen LogP contribution < -0.4 is 10.5 Å². The normalized spacial score (nSPS) is 10.7. The van der Waals surface area contributed by atoms with Gasteiger partial charge in [-0.05, 0) is 24.3 Å². The van der Waals surface area contributed by atoms with Crippen molar-refractivity contribution in [3.63, 3.8) is 0 Å². The van der Waals surface area contributed by atoms with E-state index in [2.05, 4.69) is 20.2 Å². The largest absolute Gasteiger partial charge is 0.496 e. The molecule has 0 amide bonds. The molecule has 2 aromatic heterocycles. The monoisotopic (exact) mass is 345 g/mol. The van der Waals surface area contributed by atoms with Crippen LogP contribution in [0, 0.1) is 0 Å². The lowest BCUT2D eigenvalue weighted by Crippen LogP contribution is -2.00. The van der Waals surface area contributed by atoms with Crippen molar-refractivity contribution in [2.24, 2.45) is 0 Å². The second kappa shape index (κ2) is 6.64. The molecule has 2 heterocycles. The topological polar surface area (TPSA) is 100.0 Å². The molecule has 0 aliphatic carbocycles. The minimum Gasteiger partial charge on any atom is -0.496 e. The van der Waals surface area contributed by atoms with Crippen LogP contribution in [0.1, 0.15) is 0 Å². The smallest absolute Gasteiger partial charge is 0.270 e. The van der Waals surface area contributed by atoms with Gasteiger partial charge in [0.05, 0.1) is 19.0 Å². The van der Waals surface area contributed by atoms with Crippen LogP contribution in [0.4, 0.5) is 5.82 Å². The summed E-state index contributed by atoms with van der Waals surface area (Å²) in [6, 6.07) is 17.0. The number of ether oxygens (including phenoxy) is 1. The van der Waals surface area contributed by atoms with E-state index in [1.54, 1.807) is 13.3 Å². The molecule has 26 heavy (non-hydrogen) atoms. The molecular formula is C19H15N5O2. The molecule has 0 aliphatic heterocycles. The molecule has 2 aromatic carbocycles. The van der Waals surface area contributed by atoms with Crippen molar-refractivity contribution in [2.75, 3.05) is 12.8 Å². The van der Waals surface area contributed by atoms with Gasteiger partial charge < -0.3 is 14.9 Å². The summed E-state index contributed by atoms with van der Waals surface area (Å²) in [5.41, 5.74) is 8.54. The quantitative estimate of drug-likeness (QED) is 0.604. The number of hydrogen-bond donors (Lipinski definition) is 1. The first-order valence-electron chi connectivity index (χ1n) is 7.91. The van der Waals surface area contributed by atoms with Crippen LogP contribution in [0.15, 0.2) is 65.2 Å². The van der Waals surface area contributed by atoms with Gasteiger partial charge in [0, 0.05) is 11.1 Å². The van der Waals surface area contributed by atoms with Gasteiger partial charge in [-0.25, -0.2) is 9.97 Å². The number of hydrogen-bond acceptors (Lipinski definition) is 7. The molecule has 0 fully saturated rings. The number of rotatable bonds is 4. The Balaban J connectivity index is 1.77. The summed E-state index contributed by atoms with van der Waals surface area (Å²) in [6.07, 6.45) is 1.59. The molecular weight excluding hydrogens is 330 g/mol. The molecule has 0 bridgehead atoms. The van der Waals surface area contributed by atoms with Crippen molar-refractivity contribution >= 4 is 5.82 Å². The first-order valence-corrected chi connectivity index (χ1v) is 7.91. The summed E-state index contributed by atoms with van der Waals surface area (Å²) < 4.78 is 11.1. The van der Waals surface area contributed by atoms with Gasteiger partial charge in [0.2, 0.25) is 5.89 Å². The molecule has 128 valence electrons. The van der Waals surface area contributed by atoms with Crippen LogP contribution in [0.5, 0.6) is 5.75 Å². The van der Waals surface area contributed by atoms with Crippen molar-refractivity contribution < 1.29 is 9.15 Å². The minimum absolute atomic E-state index is 0.214. The third-order valence-electron chi connectivity index (χ3n) is 3.83. The molecule has 0 atom stereocenters. The number of para-hydroxylation sites is 1. The van der Waals surface area contributed by atoms with Crippen molar-refractivity contribution in [3.8, 4) is 40.0 Å². The third-order valence-corrected chi connectivity index (χ3v) is 3.83. The SMILES string of the molecule is COc1ccccc1-c1cnc(N)c(-c2nnc(-c3ccccc3)o2)n1. The lowest BCUT2D eigenvalue weighted by Gasteiger charge is -2.08. The summed E-state index contributed by atoms with van der Waals surface area (Å²) in [6.45, 7) is 0. The number of anilines is 1. The van der Waals surface area contributed by atoms with Gasteiger partial charge in [-0.1, -0.05) is 30.3 Å². The van der Waals surface area contributed by atoms with Crippen molar-refractivity contribution in [1.82, 2.24) is 20.2 Å². The Morgan fingerprint density at radius 1 is 0.923 bits per heavy atom. The molecule has 7 nitrogen and oxygen atoms in total. The fourth-order valence-electron chi connectivity index (χ4n) is 2.56. The maximum atomic E-state index is 5.99. The van der Waals surface area contributed by atoms with Crippen molar-refractivity contribution in [2.45, 2.75) is 0 Å². The zero-order valence-electron chi connectivity index (χ0n) is 14.0. The van der Waals surface area contributed by atoms with Crippen molar-refractivity contribution in [1.29, 1.82) is 0 Å². The summed E-state index contributed by atoms with van der Waals surface area (Å²) in [7, 11) is 1.61. The van der Waals surface area contributed by atoms with Crippen LogP contribution in [-0.2, 0) is 0 Å². The summed E-state index contributed by atoms with van der Waals surface area (Å²) in [4.78, 5) is 8.79. The van der Waals surface area contributed by atoms with E-state index >= 15 is 0 Å². The lowest BCUT2D eigenvalue weighted by molar-refractivity contribution is 0.416. The van der Waals surface area contributed by atoms with E-state index in [4.69, 9.17) is 14.9 Å². The molecule has 4 aromatic rings. The maximum absolute atomic E-state index is 5.99.